The van der Waals surface area contributed by atoms with Crippen molar-refractivity contribution >= 4 is 16.8 Å². The molecule has 0 saturated heterocycles. The van der Waals surface area contributed by atoms with Crippen LogP contribution in [0.15, 0.2) is 53.6 Å². The van der Waals surface area contributed by atoms with E-state index in [1.54, 1.807) is 25.1 Å². The molecule has 1 heterocycles. The zero-order valence-corrected chi connectivity index (χ0v) is 16.9. The number of ether oxygens (including phenoxy) is 2. The van der Waals surface area contributed by atoms with Crippen LogP contribution in [-0.2, 0) is 11.3 Å². The van der Waals surface area contributed by atoms with Gasteiger partial charge < -0.3 is 14.4 Å². The van der Waals surface area contributed by atoms with E-state index < -0.39 is 0 Å². The van der Waals surface area contributed by atoms with Gasteiger partial charge in [0.2, 0.25) is 5.91 Å². The molecule has 0 fully saturated rings. The molecule has 1 aromatic heterocycles. The summed E-state index contributed by atoms with van der Waals surface area (Å²) in [5.41, 5.74) is 1.53. The lowest BCUT2D eigenvalue weighted by Crippen LogP contribution is -2.32. The number of para-hydroxylation sites is 1. The lowest BCUT2D eigenvalue weighted by molar-refractivity contribution is -0.130. The quantitative estimate of drug-likeness (QED) is 0.586. The number of hydrogen-bond acceptors (Lipinski definition) is 5. The molecule has 0 bridgehead atoms. The molecule has 0 unspecified atom stereocenters. The second-order valence-electron chi connectivity index (χ2n) is 6.80. The molecule has 3 rings (SSSR count). The van der Waals surface area contributed by atoms with E-state index in [1.807, 2.05) is 43.3 Å². The van der Waals surface area contributed by atoms with Crippen molar-refractivity contribution in [3.05, 3.63) is 64.7 Å². The number of amides is 1. The summed E-state index contributed by atoms with van der Waals surface area (Å²) < 4.78 is 12.2. The monoisotopic (exact) mass is 395 g/mol. The van der Waals surface area contributed by atoms with Gasteiger partial charge in [-0.1, -0.05) is 12.1 Å². The molecule has 0 aliphatic heterocycles. The minimum Gasteiger partial charge on any atom is -0.497 e. The molecule has 2 aromatic carbocycles. The lowest BCUT2D eigenvalue weighted by Gasteiger charge is -2.18. The Kier molecular flexibility index (Phi) is 6.49. The van der Waals surface area contributed by atoms with E-state index in [1.165, 1.54) is 10.9 Å². The van der Waals surface area contributed by atoms with Gasteiger partial charge in [0.25, 0.3) is 5.56 Å². The summed E-state index contributed by atoms with van der Waals surface area (Å²) in [4.78, 5) is 31.0. The number of likely N-dealkylation sites (N-methyl/N-ethyl adjacent to an activating group) is 1. The molecule has 152 valence electrons. The molecular formula is C22H25N3O4. The number of carbonyl (C=O) groups excluding carboxylic acids is 1. The largest absolute Gasteiger partial charge is 0.497 e. The van der Waals surface area contributed by atoms with Crippen LogP contribution >= 0.6 is 0 Å². The highest BCUT2D eigenvalue weighted by Gasteiger charge is 2.11. The predicted molar refractivity (Wildman–Crippen MR) is 111 cm³/mol. The highest BCUT2D eigenvalue weighted by molar-refractivity contribution is 5.80. The van der Waals surface area contributed by atoms with Crippen molar-refractivity contribution in [1.29, 1.82) is 0 Å². The molecule has 0 N–H and O–H groups in total. The standard InChI is InChI=1S/C22H25N3O4/c1-16-5-4-6-19-21(16)23-15-25(22(19)27)12-11-20(26)24(2)13-14-29-18-9-7-17(28-3)8-10-18/h4-10,15H,11-14H2,1-3H3. The molecule has 0 atom stereocenters. The third-order valence-corrected chi connectivity index (χ3v) is 4.80. The summed E-state index contributed by atoms with van der Waals surface area (Å²) in [6, 6.07) is 12.8. The minimum atomic E-state index is -0.128. The van der Waals surface area contributed by atoms with Gasteiger partial charge in [0, 0.05) is 20.0 Å². The molecule has 0 spiro atoms. The zero-order chi connectivity index (χ0) is 20.8. The Morgan fingerprint density at radius 3 is 2.59 bits per heavy atom. The smallest absolute Gasteiger partial charge is 0.261 e. The van der Waals surface area contributed by atoms with Crippen molar-refractivity contribution in [2.24, 2.45) is 0 Å². The third-order valence-electron chi connectivity index (χ3n) is 4.80. The van der Waals surface area contributed by atoms with E-state index in [4.69, 9.17) is 9.47 Å². The van der Waals surface area contributed by atoms with Crippen LogP contribution in [0.25, 0.3) is 10.9 Å². The van der Waals surface area contributed by atoms with E-state index >= 15 is 0 Å². The Labute approximate surface area is 169 Å². The normalized spacial score (nSPS) is 10.7. The van der Waals surface area contributed by atoms with Crippen molar-refractivity contribution in [1.82, 2.24) is 14.5 Å². The van der Waals surface area contributed by atoms with Crippen LogP contribution in [0.5, 0.6) is 11.5 Å². The number of hydrogen-bond donors (Lipinski definition) is 0. The Bertz CT molecular complexity index is 1040. The van der Waals surface area contributed by atoms with Crippen molar-refractivity contribution in [2.75, 3.05) is 27.3 Å². The van der Waals surface area contributed by atoms with Crippen LogP contribution in [-0.4, -0.2) is 47.7 Å². The first-order chi connectivity index (χ1) is 14.0. The number of aromatic nitrogens is 2. The van der Waals surface area contributed by atoms with Crippen LogP contribution in [0.3, 0.4) is 0 Å². The maximum absolute atomic E-state index is 12.6. The van der Waals surface area contributed by atoms with Crippen molar-refractivity contribution < 1.29 is 14.3 Å². The van der Waals surface area contributed by atoms with E-state index in [0.717, 1.165) is 17.1 Å². The number of nitrogens with zero attached hydrogens (tertiary/aromatic N) is 3. The average molecular weight is 395 g/mol. The van der Waals surface area contributed by atoms with E-state index in [0.29, 0.717) is 24.1 Å². The number of carbonyl (C=O) groups is 1. The Morgan fingerprint density at radius 2 is 1.86 bits per heavy atom. The van der Waals surface area contributed by atoms with Crippen molar-refractivity contribution in [2.45, 2.75) is 19.9 Å². The highest BCUT2D eigenvalue weighted by atomic mass is 16.5. The summed E-state index contributed by atoms with van der Waals surface area (Å²) in [5, 5.41) is 0.571. The lowest BCUT2D eigenvalue weighted by atomic mass is 10.1. The molecule has 3 aromatic rings. The van der Waals surface area contributed by atoms with Crippen LogP contribution in [0, 0.1) is 6.92 Å². The van der Waals surface area contributed by atoms with Gasteiger partial charge in [-0.25, -0.2) is 4.98 Å². The minimum absolute atomic E-state index is 0.0560. The van der Waals surface area contributed by atoms with Gasteiger partial charge in [-0.15, -0.1) is 0 Å². The molecule has 0 saturated carbocycles. The van der Waals surface area contributed by atoms with E-state index in [2.05, 4.69) is 4.98 Å². The summed E-state index contributed by atoms with van der Waals surface area (Å²) in [5.74, 6) is 1.42. The highest BCUT2D eigenvalue weighted by Crippen LogP contribution is 2.17. The average Bonchev–Trinajstić information content (AvgIpc) is 2.74. The molecular weight excluding hydrogens is 370 g/mol. The number of fused-ring (bicyclic) bond motifs is 1. The van der Waals surface area contributed by atoms with Gasteiger partial charge >= 0.3 is 0 Å². The van der Waals surface area contributed by atoms with Crippen LogP contribution in [0.2, 0.25) is 0 Å². The summed E-state index contributed by atoms with van der Waals surface area (Å²) in [7, 11) is 3.34. The van der Waals surface area contributed by atoms with Gasteiger partial charge in [-0.2, -0.15) is 0 Å². The number of rotatable bonds is 8. The van der Waals surface area contributed by atoms with Gasteiger partial charge in [0.1, 0.15) is 18.1 Å². The Balaban J connectivity index is 1.51. The van der Waals surface area contributed by atoms with Crippen molar-refractivity contribution in [3.63, 3.8) is 0 Å². The molecule has 1 amide bonds. The van der Waals surface area contributed by atoms with Crippen LogP contribution < -0.4 is 15.0 Å². The Hall–Kier alpha value is -3.35. The van der Waals surface area contributed by atoms with E-state index in [9.17, 15) is 9.59 Å². The molecule has 0 aliphatic rings. The van der Waals surface area contributed by atoms with Gasteiger partial charge in [-0.05, 0) is 42.8 Å². The fourth-order valence-corrected chi connectivity index (χ4v) is 3.00. The number of methoxy groups -OCH3 is 1. The van der Waals surface area contributed by atoms with Gasteiger partial charge in [0.05, 0.1) is 30.9 Å². The SMILES string of the molecule is COc1ccc(OCCN(C)C(=O)CCn2cnc3c(C)cccc3c2=O)cc1. The summed E-state index contributed by atoms with van der Waals surface area (Å²) >= 11 is 0. The fraction of sp³-hybridized carbons (Fsp3) is 0.318. The van der Waals surface area contributed by atoms with Crippen molar-refractivity contribution in [3.8, 4) is 11.5 Å². The first kappa shape index (κ1) is 20.4. The molecule has 0 radical (unpaired) electrons. The maximum atomic E-state index is 12.6. The molecule has 29 heavy (non-hydrogen) atoms. The Morgan fingerprint density at radius 1 is 1.14 bits per heavy atom. The number of benzene rings is 2. The van der Waals surface area contributed by atoms with Gasteiger partial charge in [-0.3, -0.25) is 14.2 Å². The topological polar surface area (TPSA) is 73.7 Å². The van der Waals surface area contributed by atoms with Gasteiger partial charge in [0.15, 0.2) is 0 Å². The summed E-state index contributed by atoms with van der Waals surface area (Å²) in [6.07, 6.45) is 1.73. The zero-order valence-electron chi connectivity index (χ0n) is 16.9. The molecule has 0 aliphatic carbocycles. The van der Waals surface area contributed by atoms with E-state index in [-0.39, 0.29) is 24.4 Å². The van der Waals surface area contributed by atoms with Crippen LogP contribution in [0.4, 0.5) is 0 Å². The third kappa shape index (κ3) is 4.93. The van der Waals surface area contributed by atoms with Crippen LogP contribution in [0.1, 0.15) is 12.0 Å². The fourth-order valence-electron chi connectivity index (χ4n) is 3.00. The maximum Gasteiger partial charge on any atom is 0.261 e. The number of aryl methyl sites for hydroxylation is 2. The molecule has 7 heteroatoms. The molecule has 7 nitrogen and oxygen atoms in total. The first-order valence-electron chi connectivity index (χ1n) is 9.45. The first-order valence-corrected chi connectivity index (χ1v) is 9.45. The summed E-state index contributed by atoms with van der Waals surface area (Å²) in [6.45, 7) is 3.05. The second-order valence-corrected chi connectivity index (χ2v) is 6.80. The predicted octanol–water partition coefficient (Wildman–Crippen LogP) is 2.64. The second kappa shape index (κ2) is 9.23.